The van der Waals surface area contributed by atoms with Crippen LogP contribution in [0, 0.1) is 3.70 Å². The van der Waals surface area contributed by atoms with Crippen molar-refractivity contribution in [1.82, 2.24) is 4.98 Å². The summed E-state index contributed by atoms with van der Waals surface area (Å²) in [5, 5.41) is 8.65. The zero-order valence-corrected chi connectivity index (χ0v) is 8.73. The van der Waals surface area contributed by atoms with Gasteiger partial charge in [0.25, 0.3) is 0 Å². The molecule has 1 aromatic heterocycles. The molecular weight excluding hydrogens is 267 g/mol. The Hall–Kier alpha value is -0.200. The van der Waals surface area contributed by atoms with Gasteiger partial charge in [-0.1, -0.05) is 6.07 Å². The number of pyridine rings is 1. The Morgan fingerprint density at radius 1 is 1.58 bits per heavy atom. The van der Waals surface area contributed by atoms with Gasteiger partial charge < -0.3 is 10.8 Å². The van der Waals surface area contributed by atoms with Gasteiger partial charge in [-0.2, -0.15) is 0 Å². The van der Waals surface area contributed by atoms with E-state index in [2.05, 4.69) is 27.6 Å². The van der Waals surface area contributed by atoms with Crippen molar-refractivity contribution in [2.24, 2.45) is 5.73 Å². The maximum atomic E-state index is 8.65. The van der Waals surface area contributed by atoms with Gasteiger partial charge in [0, 0.05) is 18.8 Å². The maximum Gasteiger partial charge on any atom is 0.101 e. The fourth-order valence-corrected chi connectivity index (χ4v) is 1.23. The second kappa shape index (κ2) is 4.74. The Morgan fingerprint density at radius 3 is 2.83 bits per heavy atom. The summed E-state index contributed by atoms with van der Waals surface area (Å²) in [5.41, 5.74) is 6.73. The van der Waals surface area contributed by atoms with E-state index >= 15 is 0 Å². The van der Waals surface area contributed by atoms with Crippen molar-refractivity contribution < 1.29 is 5.11 Å². The van der Waals surface area contributed by atoms with Gasteiger partial charge in [-0.3, -0.25) is 0 Å². The van der Waals surface area contributed by atoms with Crippen molar-refractivity contribution in [2.45, 2.75) is 12.5 Å². The lowest BCUT2D eigenvalue weighted by Crippen LogP contribution is -2.12. The van der Waals surface area contributed by atoms with Crippen LogP contribution in [0.2, 0.25) is 0 Å². The fourth-order valence-electron chi connectivity index (χ4n) is 0.912. The van der Waals surface area contributed by atoms with Crippen molar-refractivity contribution in [3.05, 3.63) is 27.6 Å². The molecule has 0 aromatic carbocycles. The number of nitrogens with two attached hydrogens (primary N) is 1. The van der Waals surface area contributed by atoms with Crippen LogP contribution in [0.4, 0.5) is 0 Å². The molecule has 0 saturated carbocycles. The highest BCUT2D eigenvalue weighted by Gasteiger charge is 2.04. The molecule has 0 radical (unpaired) electrons. The summed E-state index contributed by atoms with van der Waals surface area (Å²) in [6.45, 7) is 0.118. The highest BCUT2D eigenvalue weighted by Crippen LogP contribution is 2.12. The Bertz CT molecular complexity index is 237. The topological polar surface area (TPSA) is 59.1 Å². The van der Waals surface area contributed by atoms with Gasteiger partial charge in [0.1, 0.15) is 3.70 Å². The summed E-state index contributed by atoms with van der Waals surface area (Å²) in [7, 11) is 0. The third kappa shape index (κ3) is 2.69. The van der Waals surface area contributed by atoms with Crippen LogP contribution in [0.3, 0.4) is 0 Å². The van der Waals surface area contributed by atoms with Gasteiger partial charge in [-0.25, -0.2) is 4.98 Å². The van der Waals surface area contributed by atoms with Crippen molar-refractivity contribution in [2.75, 3.05) is 6.61 Å². The molecule has 0 aliphatic rings. The van der Waals surface area contributed by atoms with E-state index in [0.717, 1.165) is 9.26 Å². The minimum Gasteiger partial charge on any atom is -0.396 e. The quantitative estimate of drug-likeness (QED) is 0.642. The number of aromatic nitrogens is 1. The first-order valence-electron chi connectivity index (χ1n) is 3.72. The molecule has 1 rings (SSSR count). The van der Waals surface area contributed by atoms with E-state index < -0.39 is 0 Å². The SMILES string of the molecule is N[C@H](CCO)c1ccc(I)nc1. The second-order valence-corrected chi connectivity index (χ2v) is 3.64. The summed E-state index contributed by atoms with van der Waals surface area (Å²) in [6.07, 6.45) is 2.34. The van der Waals surface area contributed by atoms with Crippen molar-refractivity contribution in [3.8, 4) is 0 Å². The molecule has 4 heteroatoms. The normalized spacial score (nSPS) is 12.9. The Morgan fingerprint density at radius 2 is 2.33 bits per heavy atom. The summed E-state index contributed by atoms with van der Waals surface area (Å²) in [5.74, 6) is 0. The second-order valence-electron chi connectivity index (χ2n) is 2.53. The minimum absolute atomic E-state index is 0.0977. The van der Waals surface area contributed by atoms with Crippen LogP contribution in [0.5, 0.6) is 0 Å². The van der Waals surface area contributed by atoms with Crippen LogP contribution in [0.25, 0.3) is 0 Å². The smallest absolute Gasteiger partial charge is 0.101 e. The standard InChI is InChI=1S/C8H11IN2O/c9-8-2-1-6(5-11-8)7(10)3-4-12/h1-2,5,7,12H,3-4,10H2/t7-/m1/s1. The minimum atomic E-state index is -0.0977. The van der Waals surface area contributed by atoms with Crippen molar-refractivity contribution >= 4 is 22.6 Å². The highest BCUT2D eigenvalue weighted by atomic mass is 127. The van der Waals surface area contributed by atoms with Gasteiger partial charge >= 0.3 is 0 Å². The Labute approximate surface area is 85.1 Å². The summed E-state index contributed by atoms with van der Waals surface area (Å²) >= 11 is 2.14. The molecule has 3 nitrogen and oxygen atoms in total. The largest absolute Gasteiger partial charge is 0.396 e. The summed E-state index contributed by atoms with van der Waals surface area (Å²) in [4.78, 5) is 4.11. The maximum absolute atomic E-state index is 8.65. The molecule has 1 atom stereocenters. The third-order valence-electron chi connectivity index (χ3n) is 1.62. The molecule has 0 amide bonds. The Balaban J connectivity index is 2.68. The number of nitrogens with zero attached hydrogens (tertiary/aromatic N) is 1. The monoisotopic (exact) mass is 278 g/mol. The van der Waals surface area contributed by atoms with E-state index in [9.17, 15) is 0 Å². The van der Waals surface area contributed by atoms with E-state index in [1.165, 1.54) is 0 Å². The van der Waals surface area contributed by atoms with Crippen molar-refractivity contribution in [1.29, 1.82) is 0 Å². The third-order valence-corrected chi connectivity index (χ3v) is 2.26. The number of aliphatic hydroxyl groups is 1. The average Bonchev–Trinajstić information content (AvgIpc) is 2.06. The van der Waals surface area contributed by atoms with Crippen LogP contribution in [-0.2, 0) is 0 Å². The van der Waals surface area contributed by atoms with Crippen LogP contribution < -0.4 is 5.73 Å². The first-order valence-corrected chi connectivity index (χ1v) is 4.80. The summed E-state index contributed by atoms with van der Waals surface area (Å²) in [6, 6.07) is 3.75. The van der Waals surface area contributed by atoms with Gasteiger partial charge in [0.2, 0.25) is 0 Å². The van der Waals surface area contributed by atoms with E-state index in [1.807, 2.05) is 12.1 Å². The van der Waals surface area contributed by atoms with E-state index in [1.54, 1.807) is 6.20 Å². The van der Waals surface area contributed by atoms with Crippen LogP contribution in [0.15, 0.2) is 18.3 Å². The Kier molecular flexibility index (Phi) is 3.90. The first-order chi connectivity index (χ1) is 5.74. The predicted octanol–water partition coefficient (Wildman–Crippen LogP) is 1.07. The van der Waals surface area contributed by atoms with E-state index in [4.69, 9.17) is 10.8 Å². The molecule has 0 aliphatic heterocycles. The number of halogens is 1. The average molecular weight is 278 g/mol. The lowest BCUT2D eigenvalue weighted by molar-refractivity contribution is 0.276. The highest BCUT2D eigenvalue weighted by molar-refractivity contribution is 14.1. The number of hydrogen-bond donors (Lipinski definition) is 2. The lowest BCUT2D eigenvalue weighted by atomic mass is 10.1. The molecule has 0 spiro atoms. The van der Waals surface area contributed by atoms with Gasteiger partial charge in [0.05, 0.1) is 0 Å². The van der Waals surface area contributed by atoms with Gasteiger partial charge in [-0.15, -0.1) is 0 Å². The molecule has 0 aliphatic carbocycles. The molecule has 0 bridgehead atoms. The van der Waals surface area contributed by atoms with E-state index in [0.29, 0.717) is 6.42 Å². The van der Waals surface area contributed by atoms with Crippen LogP contribution in [-0.4, -0.2) is 16.7 Å². The molecular formula is C8H11IN2O. The predicted molar refractivity (Wildman–Crippen MR) is 55.6 cm³/mol. The van der Waals surface area contributed by atoms with Crippen molar-refractivity contribution in [3.63, 3.8) is 0 Å². The molecule has 3 N–H and O–H groups in total. The van der Waals surface area contributed by atoms with Crippen LogP contribution in [0.1, 0.15) is 18.0 Å². The first kappa shape index (κ1) is 9.88. The zero-order chi connectivity index (χ0) is 8.97. The van der Waals surface area contributed by atoms with Gasteiger partial charge in [-0.05, 0) is 40.6 Å². The lowest BCUT2D eigenvalue weighted by Gasteiger charge is -2.08. The molecule has 1 heterocycles. The van der Waals surface area contributed by atoms with E-state index in [-0.39, 0.29) is 12.6 Å². The van der Waals surface area contributed by atoms with Crippen LogP contribution >= 0.6 is 22.6 Å². The fraction of sp³-hybridized carbons (Fsp3) is 0.375. The summed E-state index contributed by atoms with van der Waals surface area (Å²) < 4.78 is 0.951. The van der Waals surface area contributed by atoms with Gasteiger partial charge in [0.15, 0.2) is 0 Å². The molecule has 12 heavy (non-hydrogen) atoms. The molecule has 0 fully saturated rings. The molecule has 0 unspecified atom stereocenters. The molecule has 66 valence electrons. The molecule has 1 aromatic rings. The number of rotatable bonds is 3. The number of hydrogen-bond acceptors (Lipinski definition) is 3. The zero-order valence-electron chi connectivity index (χ0n) is 6.57. The molecule has 0 saturated heterocycles. The number of aliphatic hydroxyl groups excluding tert-OH is 1.